The van der Waals surface area contributed by atoms with E-state index in [2.05, 4.69) is 24.1 Å². The average molecular weight is 278 g/mol. The lowest BCUT2D eigenvalue weighted by molar-refractivity contribution is -0.384. The number of nitrogens with zero attached hydrogens (tertiary/aromatic N) is 3. The van der Waals surface area contributed by atoms with E-state index >= 15 is 0 Å². The molecule has 1 N–H and O–H groups in total. The molecular weight excluding hydrogens is 260 g/mol. The van der Waals surface area contributed by atoms with Gasteiger partial charge < -0.3 is 10.2 Å². The van der Waals surface area contributed by atoms with Gasteiger partial charge in [-0.3, -0.25) is 15.1 Å². The van der Waals surface area contributed by atoms with Crippen LogP contribution in [0.4, 0.5) is 16.2 Å². The van der Waals surface area contributed by atoms with Gasteiger partial charge in [0.25, 0.3) is 0 Å². The van der Waals surface area contributed by atoms with Crippen molar-refractivity contribution in [2.24, 2.45) is 11.8 Å². The topological polar surface area (TPSA) is 88.4 Å². The van der Waals surface area contributed by atoms with Gasteiger partial charge in [0.2, 0.25) is 0 Å². The number of hydrogen-bond acceptors (Lipinski definition) is 4. The molecule has 1 aliphatic heterocycles. The van der Waals surface area contributed by atoms with Crippen molar-refractivity contribution in [2.45, 2.75) is 20.3 Å². The van der Waals surface area contributed by atoms with Crippen LogP contribution in [-0.2, 0) is 0 Å². The van der Waals surface area contributed by atoms with Crippen molar-refractivity contribution in [1.82, 2.24) is 9.88 Å². The summed E-state index contributed by atoms with van der Waals surface area (Å²) in [7, 11) is 0. The van der Waals surface area contributed by atoms with Gasteiger partial charge in [0.05, 0.1) is 4.92 Å². The molecule has 1 saturated heterocycles. The highest BCUT2D eigenvalue weighted by Gasteiger charge is 2.26. The van der Waals surface area contributed by atoms with Crippen LogP contribution in [0.1, 0.15) is 20.3 Å². The molecule has 7 heteroatoms. The van der Waals surface area contributed by atoms with E-state index in [4.69, 9.17) is 0 Å². The predicted octanol–water partition coefficient (Wildman–Crippen LogP) is 2.50. The Morgan fingerprint density at radius 2 is 2.10 bits per heavy atom. The molecular formula is C13H18N4O3. The van der Waals surface area contributed by atoms with Crippen molar-refractivity contribution in [2.75, 3.05) is 18.4 Å². The lowest BCUT2D eigenvalue weighted by Crippen LogP contribution is -2.44. The van der Waals surface area contributed by atoms with Gasteiger partial charge in [0.15, 0.2) is 0 Å². The molecule has 2 amide bonds. The van der Waals surface area contributed by atoms with Crippen molar-refractivity contribution >= 4 is 17.4 Å². The summed E-state index contributed by atoms with van der Waals surface area (Å²) in [6.07, 6.45) is 3.65. The first-order chi connectivity index (χ1) is 9.47. The van der Waals surface area contributed by atoms with Gasteiger partial charge in [-0.1, -0.05) is 13.8 Å². The third kappa shape index (κ3) is 3.23. The van der Waals surface area contributed by atoms with E-state index in [0.717, 1.165) is 12.6 Å². The van der Waals surface area contributed by atoms with Crippen LogP contribution in [0.5, 0.6) is 0 Å². The van der Waals surface area contributed by atoms with E-state index < -0.39 is 4.92 Å². The van der Waals surface area contributed by atoms with Crippen LogP contribution in [0, 0.1) is 22.0 Å². The minimum absolute atomic E-state index is 0.181. The monoisotopic (exact) mass is 278 g/mol. The van der Waals surface area contributed by atoms with Crippen LogP contribution in [0.3, 0.4) is 0 Å². The molecule has 0 unspecified atom stereocenters. The number of carbonyl (C=O) groups is 1. The van der Waals surface area contributed by atoms with Crippen LogP contribution < -0.4 is 5.32 Å². The summed E-state index contributed by atoms with van der Waals surface area (Å²) < 4.78 is 0. The minimum atomic E-state index is -0.552. The molecule has 0 spiro atoms. The minimum Gasteiger partial charge on any atom is -0.324 e. The second-order valence-corrected chi connectivity index (χ2v) is 5.43. The van der Waals surface area contributed by atoms with Gasteiger partial charge in [0, 0.05) is 19.3 Å². The number of rotatable bonds is 2. The van der Waals surface area contributed by atoms with Crippen molar-refractivity contribution in [1.29, 1.82) is 0 Å². The molecule has 2 atom stereocenters. The second-order valence-electron chi connectivity index (χ2n) is 5.43. The third-order valence-corrected chi connectivity index (χ3v) is 3.39. The molecule has 7 nitrogen and oxygen atoms in total. The zero-order chi connectivity index (χ0) is 14.7. The van der Waals surface area contributed by atoms with Crippen molar-refractivity contribution in [3.8, 4) is 0 Å². The smallest absolute Gasteiger partial charge is 0.322 e. The number of anilines is 1. The van der Waals surface area contributed by atoms with Crippen LogP contribution in [-0.4, -0.2) is 33.9 Å². The number of likely N-dealkylation sites (tertiary alicyclic amines) is 1. The average Bonchev–Trinajstić information content (AvgIpc) is 2.37. The largest absolute Gasteiger partial charge is 0.324 e. The first kappa shape index (κ1) is 14.2. The molecule has 2 heterocycles. The Kier molecular flexibility index (Phi) is 4.16. The maximum absolute atomic E-state index is 12.2. The fraction of sp³-hybridized carbons (Fsp3) is 0.538. The highest BCUT2D eigenvalue weighted by atomic mass is 16.6. The van der Waals surface area contributed by atoms with Crippen LogP contribution in [0.15, 0.2) is 18.5 Å². The number of hydrogen-bond donors (Lipinski definition) is 1. The number of aromatic nitrogens is 1. The fourth-order valence-corrected chi connectivity index (χ4v) is 2.66. The summed E-state index contributed by atoms with van der Waals surface area (Å²) in [6.45, 7) is 5.56. The molecule has 108 valence electrons. The molecule has 0 aliphatic carbocycles. The van der Waals surface area contributed by atoms with Gasteiger partial charge in [-0.2, -0.15) is 0 Å². The fourth-order valence-electron chi connectivity index (χ4n) is 2.66. The molecule has 1 aromatic rings. The number of piperidine rings is 1. The van der Waals surface area contributed by atoms with Crippen LogP contribution in [0.25, 0.3) is 0 Å². The third-order valence-electron chi connectivity index (χ3n) is 3.39. The number of urea groups is 1. The summed E-state index contributed by atoms with van der Waals surface area (Å²) in [6, 6.07) is 1.14. The highest BCUT2D eigenvalue weighted by molar-refractivity contribution is 5.91. The molecule has 1 fully saturated rings. The van der Waals surface area contributed by atoms with E-state index in [1.165, 1.54) is 12.3 Å². The van der Waals surface area contributed by atoms with E-state index in [-0.39, 0.29) is 17.4 Å². The number of pyridine rings is 1. The Bertz CT molecular complexity index is 510. The zero-order valence-corrected chi connectivity index (χ0v) is 11.6. The number of amides is 2. The Morgan fingerprint density at radius 1 is 1.45 bits per heavy atom. The molecule has 1 aliphatic rings. The Hall–Kier alpha value is -2.18. The molecule has 2 rings (SSSR count). The number of carbonyl (C=O) groups excluding carboxylic acids is 1. The number of nitrogens with one attached hydrogen (secondary N) is 1. The van der Waals surface area contributed by atoms with Crippen molar-refractivity contribution < 1.29 is 9.72 Å². The first-order valence-corrected chi connectivity index (χ1v) is 6.61. The van der Waals surface area contributed by atoms with Crippen molar-refractivity contribution in [3.63, 3.8) is 0 Å². The van der Waals surface area contributed by atoms with E-state index in [0.29, 0.717) is 24.9 Å². The highest BCUT2D eigenvalue weighted by Crippen LogP contribution is 2.25. The molecule has 0 bridgehead atoms. The first-order valence-electron chi connectivity index (χ1n) is 6.61. The summed E-state index contributed by atoms with van der Waals surface area (Å²) in [5.74, 6) is 0.883. The second kappa shape index (κ2) is 5.85. The molecule has 0 saturated carbocycles. The quantitative estimate of drug-likeness (QED) is 0.665. The normalized spacial score (nSPS) is 22.4. The maximum atomic E-state index is 12.2. The van der Waals surface area contributed by atoms with Gasteiger partial charge in [-0.05, 0) is 24.3 Å². The lowest BCUT2D eigenvalue weighted by Gasteiger charge is -2.34. The summed E-state index contributed by atoms with van der Waals surface area (Å²) in [5.41, 5.74) is -0.0140. The summed E-state index contributed by atoms with van der Waals surface area (Å²) in [4.78, 5) is 28.0. The Morgan fingerprint density at radius 3 is 2.70 bits per heavy atom. The SMILES string of the molecule is C[C@@H]1C[C@@H](C)CN(C(=O)Nc2ccncc2[N+](=O)[O-])C1. The Balaban J connectivity index is 2.10. The van der Waals surface area contributed by atoms with Gasteiger partial charge >= 0.3 is 11.7 Å². The van der Waals surface area contributed by atoms with Gasteiger partial charge in [-0.25, -0.2) is 4.79 Å². The standard InChI is InChI=1S/C13H18N4O3/c1-9-5-10(2)8-16(7-9)13(18)15-11-3-4-14-6-12(11)17(19)20/h3-4,6,9-10H,5,7-8H2,1-2H3,(H,14,15,18)/t9-,10-/m1/s1. The summed E-state index contributed by atoms with van der Waals surface area (Å²) in [5, 5.41) is 13.5. The predicted molar refractivity (Wildman–Crippen MR) is 74.4 cm³/mol. The molecule has 20 heavy (non-hydrogen) atoms. The Labute approximate surface area is 117 Å². The van der Waals surface area contributed by atoms with E-state index in [9.17, 15) is 14.9 Å². The van der Waals surface area contributed by atoms with E-state index in [1.807, 2.05) is 0 Å². The molecule has 1 aromatic heterocycles. The molecule has 0 radical (unpaired) electrons. The molecule has 0 aromatic carbocycles. The van der Waals surface area contributed by atoms with Crippen LogP contribution >= 0.6 is 0 Å². The van der Waals surface area contributed by atoms with Crippen molar-refractivity contribution in [3.05, 3.63) is 28.6 Å². The number of nitro groups is 1. The summed E-state index contributed by atoms with van der Waals surface area (Å²) >= 11 is 0. The maximum Gasteiger partial charge on any atom is 0.322 e. The van der Waals surface area contributed by atoms with E-state index in [1.54, 1.807) is 4.90 Å². The van der Waals surface area contributed by atoms with Crippen LogP contribution in [0.2, 0.25) is 0 Å². The van der Waals surface area contributed by atoms with Gasteiger partial charge in [0.1, 0.15) is 11.9 Å². The zero-order valence-electron chi connectivity index (χ0n) is 11.6. The van der Waals surface area contributed by atoms with Gasteiger partial charge in [-0.15, -0.1) is 0 Å². The lowest BCUT2D eigenvalue weighted by atomic mass is 9.92.